The van der Waals surface area contributed by atoms with Gasteiger partial charge in [-0.2, -0.15) is 5.10 Å². The second kappa shape index (κ2) is 10.6. The monoisotopic (exact) mass is 473 g/mol. The first kappa shape index (κ1) is 23.6. The van der Waals surface area contributed by atoms with Crippen molar-refractivity contribution >= 4 is 0 Å². The maximum atomic E-state index is 9.65. The third-order valence-corrected chi connectivity index (χ3v) is 6.88. The fraction of sp³-hybridized carbons (Fsp3) is 0.188. The fourth-order valence-corrected chi connectivity index (χ4v) is 5.07. The van der Waals surface area contributed by atoms with Crippen LogP contribution in [-0.2, 0) is 18.4 Å². The standard InChI is InChI=1S/C32H31N3O/c1-25-23-30(36)22-21-26(25)13-11-12-20-31-33-24-35(34-31)32(27-14-5-2-6-15-27,28-16-7-3-8-17-28)29-18-9-4-10-19-29/h2-10,14-19,21-24,36H,11-13,20H2,1H3. The van der Waals surface area contributed by atoms with Crippen LogP contribution in [0.1, 0.15) is 46.5 Å². The van der Waals surface area contributed by atoms with E-state index in [1.165, 1.54) is 5.56 Å². The van der Waals surface area contributed by atoms with Gasteiger partial charge in [-0.3, -0.25) is 0 Å². The smallest absolute Gasteiger partial charge is 0.150 e. The van der Waals surface area contributed by atoms with Crippen LogP contribution in [0.15, 0.2) is 116 Å². The van der Waals surface area contributed by atoms with Gasteiger partial charge in [-0.1, -0.05) is 97.1 Å². The Morgan fingerprint density at radius 1 is 0.694 bits per heavy atom. The second-order valence-electron chi connectivity index (χ2n) is 9.23. The first-order valence-corrected chi connectivity index (χ1v) is 12.5. The average molecular weight is 474 g/mol. The molecule has 0 unspecified atom stereocenters. The molecule has 0 atom stereocenters. The van der Waals surface area contributed by atoms with Gasteiger partial charge in [-0.25, -0.2) is 9.67 Å². The summed E-state index contributed by atoms with van der Waals surface area (Å²) in [6.45, 7) is 2.05. The Balaban J connectivity index is 1.46. The number of aromatic hydroxyl groups is 1. The molecule has 1 aromatic heterocycles. The van der Waals surface area contributed by atoms with Crippen molar-refractivity contribution in [3.05, 3.63) is 149 Å². The van der Waals surface area contributed by atoms with Crippen molar-refractivity contribution in [1.82, 2.24) is 14.8 Å². The second-order valence-corrected chi connectivity index (χ2v) is 9.23. The zero-order valence-electron chi connectivity index (χ0n) is 20.6. The molecule has 4 aromatic carbocycles. The molecule has 0 saturated heterocycles. The number of phenolic OH excluding ortho intramolecular Hbond substituents is 1. The molecule has 0 amide bonds. The van der Waals surface area contributed by atoms with Crippen LogP contribution < -0.4 is 0 Å². The summed E-state index contributed by atoms with van der Waals surface area (Å²) in [4.78, 5) is 4.75. The van der Waals surface area contributed by atoms with Gasteiger partial charge in [0.25, 0.3) is 0 Å². The van der Waals surface area contributed by atoms with Crippen LogP contribution >= 0.6 is 0 Å². The number of aromatic nitrogens is 3. The highest BCUT2D eigenvalue weighted by atomic mass is 16.3. The molecule has 0 saturated carbocycles. The molecular formula is C32H31N3O. The van der Waals surface area contributed by atoms with E-state index in [9.17, 15) is 5.11 Å². The van der Waals surface area contributed by atoms with Gasteiger partial charge in [0, 0.05) is 6.42 Å². The number of aryl methyl sites for hydroxylation is 3. The van der Waals surface area contributed by atoms with E-state index < -0.39 is 5.54 Å². The molecule has 0 aliphatic carbocycles. The van der Waals surface area contributed by atoms with Crippen molar-refractivity contribution in [3.8, 4) is 5.75 Å². The highest BCUT2D eigenvalue weighted by Crippen LogP contribution is 2.40. The summed E-state index contributed by atoms with van der Waals surface area (Å²) in [6, 6.07) is 37.3. The average Bonchev–Trinajstić information content (AvgIpc) is 3.39. The van der Waals surface area contributed by atoms with Gasteiger partial charge < -0.3 is 5.11 Å². The maximum Gasteiger partial charge on any atom is 0.150 e. The van der Waals surface area contributed by atoms with Gasteiger partial charge in [-0.15, -0.1) is 0 Å². The molecule has 0 radical (unpaired) electrons. The van der Waals surface area contributed by atoms with E-state index in [0.29, 0.717) is 5.75 Å². The lowest BCUT2D eigenvalue weighted by Gasteiger charge is -2.35. The van der Waals surface area contributed by atoms with Crippen LogP contribution in [0.3, 0.4) is 0 Å². The van der Waals surface area contributed by atoms with Gasteiger partial charge >= 0.3 is 0 Å². The number of rotatable bonds is 9. The summed E-state index contributed by atoms with van der Waals surface area (Å²) in [5.74, 6) is 1.18. The molecule has 1 N–H and O–H groups in total. The molecule has 0 aliphatic heterocycles. The summed E-state index contributed by atoms with van der Waals surface area (Å²) in [5, 5.41) is 14.7. The molecule has 4 heteroatoms. The summed E-state index contributed by atoms with van der Waals surface area (Å²) in [5.41, 5.74) is 5.21. The summed E-state index contributed by atoms with van der Waals surface area (Å²) >= 11 is 0. The Hall–Kier alpha value is -4.18. The van der Waals surface area contributed by atoms with Crippen molar-refractivity contribution in [2.45, 2.75) is 38.1 Å². The highest BCUT2D eigenvalue weighted by molar-refractivity contribution is 5.50. The lowest BCUT2D eigenvalue weighted by atomic mass is 9.77. The third-order valence-electron chi connectivity index (χ3n) is 6.88. The van der Waals surface area contributed by atoms with Crippen LogP contribution in [0, 0.1) is 6.92 Å². The van der Waals surface area contributed by atoms with Crippen molar-refractivity contribution < 1.29 is 5.11 Å². The number of phenols is 1. The van der Waals surface area contributed by atoms with Crippen LogP contribution in [-0.4, -0.2) is 19.9 Å². The zero-order chi connectivity index (χ0) is 24.8. The molecule has 4 nitrogen and oxygen atoms in total. The number of benzene rings is 4. The van der Waals surface area contributed by atoms with E-state index in [1.807, 2.05) is 41.3 Å². The molecular weight excluding hydrogens is 442 g/mol. The van der Waals surface area contributed by atoms with Crippen molar-refractivity contribution in [3.63, 3.8) is 0 Å². The number of nitrogens with zero attached hydrogens (tertiary/aromatic N) is 3. The summed E-state index contributed by atoms with van der Waals surface area (Å²) in [6.07, 6.45) is 5.72. The number of hydrogen-bond donors (Lipinski definition) is 1. The normalized spacial score (nSPS) is 11.5. The quantitative estimate of drug-likeness (QED) is 0.191. The van der Waals surface area contributed by atoms with Gasteiger partial charge in [-0.05, 0) is 66.1 Å². The van der Waals surface area contributed by atoms with E-state index in [-0.39, 0.29) is 0 Å². The van der Waals surface area contributed by atoms with Crippen LogP contribution in [0.2, 0.25) is 0 Å². The minimum atomic E-state index is -0.627. The Morgan fingerprint density at radius 3 is 1.75 bits per heavy atom. The van der Waals surface area contributed by atoms with E-state index in [1.54, 1.807) is 6.07 Å². The maximum absolute atomic E-state index is 9.65. The number of hydrogen-bond acceptors (Lipinski definition) is 3. The van der Waals surface area contributed by atoms with Crippen molar-refractivity contribution in [2.75, 3.05) is 0 Å². The van der Waals surface area contributed by atoms with Gasteiger partial charge in [0.2, 0.25) is 0 Å². The zero-order valence-corrected chi connectivity index (χ0v) is 20.6. The predicted octanol–water partition coefficient (Wildman–Crippen LogP) is 6.70. The van der Waals surface area contributed by atoms with Crippen LogP contribution in [0.4, 0.5) is 0 Å². The van der Waals surface area contributed by atoms with Gasteiger partial charge in [0.05, 0.1) is 0 Å². The first-order valence-electron chi connectivity index (χ1n) is 12.5. The van der Waals surface area contributed by atoms with E-state index in [2.05, 4.69) is 79.7 Å². The van der Waals surface area contributed by atoms with E-state index >= 15 is 0 Å². The fourth-order valence-electron chi connectivity index (χ4n) is 5.07. The molecule has 0 bridgehead atoms. The molecule has 36 heavy (non-hydrogen) atoms. The molecule has 180 valence electrons. The first-order chi connectivity index (χ1) is 17.7. The molecule has 5 aromatic rings. The SMILES string of the molecule is Cc1cc(O)ccc1CCCCc1ncn(C(c2ccccc2)(c2ccccc2)c2ccccc2)n1. The Morgan fingerprint density at radius 2 is 1.22 bits per heavy atom. The summed E-state index contributed by atoms with van der Waals surface area (Å²) in [7, 11) is 0. The van der Waals surface area contributed by atoms with Gasteiger partial charge in [0.1, 0.15) is 17.6 Å². The van der Waals surface area contributed by atoms with Crippen molar-refractivity contribution in [2.24, 2.45) is 0 Å². The molecule has 0 spiro atoms. The number of unbranched alkanes of at least 4 members (excludes halogenated alkanes) is 1. The van der Waals surface area contributed by atoms with E-state index in [4.69, 9.17) is 10.1 Å². The van der Waals surface area contributed by atoms with Crippen LogP contribution in [0.5, 0.6) is 5.75 Å². The lowest BCUT2D eigenvalue weighted by molar-refractivity contribution is 0.454. The highest BCUT2D eigenvalue weighted by Gasteiger charge is 2.39. The molecule has 0 aliphatic rings. The Labute approximate surface area is 212 Å². The minimum Gasteiger partial charge on any atom is -0.508 e. The minimum absolute atomic E-state index is 0.324. The van der Waals surface area contributed by atoms with E-state index in [0.717, 1.165) is 53.8 Å². The Kier molecular flexibility index (Phi) is 6.94. The van der Waals surface area contributed by atoms with Gasteiger partial charge in [0.15, 0.2) is 5.82 Å². The van der Waals surface area contributed by atoms with Crippen molar-refractivity contribution in [1.29, 1.82) is 0 Å². The lowest BCUT2D eigenvalue weighted by Crippen LogP contribution is -2.38. The predicted molar refractivity (Wildman–Crippen MR) is 144 cm³/mol. The molecule has 5 rings (SSSR count). The Bertz CT molecular complexity index is 1300. The third kappa shape index (κ3) is 4.67. The molecule has 1 heterocycles. The summed E-state index contributed by atoms with van der Waals surface area (Å²) < 4.78 is 2.03. The van der Waals surface area contributed by atoms with Crippen LogP contribution in [0.25, 0.3) is 0 Å². The largest absolute Gasteiger partial charge is 0.508 e. The molecule has 0 fully saturated rings. The topological polar surface area (TPSA) is 50.9 Å².